The Labute approximate surface area is 198 Å². The van der Waals surface area contributed by atoms with Gasteiger partial charge in [0.05, 0.1) is 27.1 Å². The summed E-state index contributed by atoms with van der Waals surface area (Å²) in [6, 6.07) is 13.3. The molecule has 0 bridgehead atoms. The standard InChI is InChI=1S/C24H30N4O4S/c1-5-6-13-28-23(18-8-10-19(30-2)11-9-18)26-27-24(28)33-16-22(29)25-15-17-7-12-20(31-3)21(14-17)32-4/h7-12,14H,5-6,13,15-16H2,1-4H3,(H,25,29). The minimum Gasteiger partial charge on any atom is -0.497 e. The number of ether oxygens (including phenoxy) is 3. The van der Waals surface area contributed by atoms with E-state index in [0.717, 1.165) is 47.2 Å². The van der Waals surface area contributed by atoms with Crippen molar-refractivity contribution in [2.75, 3.05) is 27.1 Å². The van der Waals surface area contributed by atoms with E-state index < -0.39 is 0 Å². The number of hydrogen-bond acceptors (Lipinski definition) is 7. The fourth-order valence-corrected chi connectivity index (χ4v) is 4.03. The van der Waals surface area contributed by atoms with Crippen LogP contribution in [0.2, 0.25) is 0 Å². The average Bonchev–Trinajstić information content (AvgIpc) is 3.27. The van der Waals surface area contributed by atoms with E-state index in [1.165, 1.54) is 11.8 Å². The zero-order valence-electron chi connectivity index (χ0n) is 19.5. The van der Waals surface area contributed by atoms with Crippen molar-refractivity contribution in [3.8, 4) is 28.6 Å². The predicted molar refractivity (Wildman–Crippen MR) is 129 cm³/mol. The van der Waals surface area contributed by atoms with E-state index in [2.05, 4.69) is 27.0 Å². The van der Waals surface area contributed by atoms with Crippen LogP contribution in [-0.4, -0.2) is 47.8 Å². The number of methoxy groups -OCH3 is 3. The van der Waals surface area contributed by atoms with Crippen molar-refractivity contribution in [3.63, 3.8) is 0 Å². The molecule has 1 heterocycles. The number of benzene rings is 2. The molecule has 1 N–H and O–H groups in total. The molecular weight excluding hydrogens is 440 g/mol. The van der Waals surface area contributed by atoms with Crippen LogP contribution >= 0.6 is 11.8 Å². The van der Waals surface area contributed by atoms with Gasteiger partial charge < -0.3 is 24.1 Å². The molecule has 2 aromatic carbocycles. The van der Waals surface area contributed by atoms with Gasteiger partial charge in [0.15, 0.2) is 22.5 Å². The van der Waals surface area contributed by atoms with E-state index in [0.29, 0.717) is 18.0 Å². The maximum atomic E-state index is 12.5. The predicted octanol–water partition coefficient (Wildman–Crippen LogP) is 4.18. The normalized spacial score (nSPS) is 10.7. The van der Waals surface area contributed by atoms with Gasteiger partial charge in [-0.2, -0.15) is 0 Å². The van der Waals surface area contributed by atoms with E-state index in [9.17, 15) is 4.79 Å². The van der Waals surface area contributed by atoms with Crippen molar-refractivity contribution in [2.45, 2.75) is 38.0 Å². The molecule has 1 amide bonds. The van der Waals surface area contributed by atoms with Crippen LogP contribution in [0.5, 0.6) is 17.2 Å². The molecule has 0 radical (unpaired) electrons. The molecule has 0 aliphatic heterocycles. The second-order valence-electron chi connectivity index (χ2n) is 7.29. The maximum Gasteiger partial charge on any atom is 0.230 e. The Hall–Kier alpha value is -3.20. The second-order valence-corrected chi connectivity index (χ2v) is 8.24. The van der Waals surface area contributed by atoms with Crippen molar-refractivity contribution >= 4 is 17.7 Å². The molecule has 1 aromatic heterocycles. The maximum absolute atomic E-state index is 12.5. The van der Waals surface area contributed by atoms with Gasteiger partial charge in [-0.15, -0.1) is 10.2 Å². The van der Waals surface area contributed by atoms with E-state index in [1.54, 1.807) is 21.3 Å². The van der Waals surface area contributed by atoms with Gasteiger partial charge in [0.25, 0.3) is 0 Å². The molecule has 176 valence electrons. The Balaban J connectivity index is 1.63. The zero-order chi connectivity index (χ0) is 23.6. The summed E-state index contributed by atoms with van der Waals surface area (Å²) >= 11 is 1.39. The van der Waals surface area contributed by atoms with E-state index in [-0.39, 0.29) is 11.7 Å². The van der Waals surface area contributed by atoms with Gasteiger partial charge in [-0.1, -0.05) is 31.2 Å². The Morgan fingerprint density at radius 1 is 1.00 bits per heavy atom. The summed E-state index contributed by atoms with van der Waals surface area (Å²) in [6.07, 6.45) is 2.05. The molecular formula is C24H30N4O4S. The van der Waals surface area contributed by atoms with Crippen molar-refractivity contribution in [3.05, 3.63) is 48.0 Å². The highest BCUT2D eigenvalue weighted by atomic mass is 32.2. The molecule has 3 rings (SSSR count). The minimum absolute atomic E-state index is 0.0779. The molecule has 0 fully saturated rings. The van der Waals surface area contributed by atoms with E-state index >= 15 is 0 Å². The molecule has 0 spiro atoms. The zero-order valence-corrected chi connectivity index (χ0v) is 20.3. The van der Waals surface area contributed by atoms with Crippen LogP contribution in [0, 0.1) is 0 Å². The summed E-state index contributed by atoms with van der Waals surface area (Å²) in [5.41, 5.74) is 1.89. The van der Waals surface area contributed by atoms with Gasteiger partial charge in [0.1, 0.15) is 5.75 Å². The summed E-state index contributed by atoms with van der Waals surface area (Å²) in [7, 11) is 4.82. The number of unbranched alkanes of at least 4 members (excludes halogenated alkanes) is 1. The second kappa shape index (κ2) is 12.2. The first kappa shape index (κ1) is 24.4. The Morgan fingerprint density at radius 2 is 1.76 bits per heavy atom. The van der Waals surface area contributed by atoms with Gasteiger partial charge in [0.2, 0.25) is 5.91 Å². The van der Waals surface area contributed by atoms with E-state index in [1.807, 2.05) is 42.5 Å². The first-order valence-electron chi connectivity index (χ1n) is 10.8. The summed E-state index contributed by atoms with van der Waals surface area (Å²) in [5, 5.41) is 12.4. The van der Waals surface area contributed by atoms with Crippen molar-refractivity contribution in [2.24, 2.45) is 0 Å². The van der Waals surface area contributed by atoms with Crippen molar-refractivity contribution in [1.82, 2.24) is 20.1 Å². The molecule has 0 saturated carbocycles. The third kappa shape index (κ3) is 6.41. The molecule has 3 aromatic rings. The lowest BCUT2D eigenvalue weighted by Gasteiger charge is -2.11. The number of rotatable bonds is 12. The molecule has 33 heavy (non-hydrogen) atoms. The molecule has 8 nitrogen and oxygen atoms in total. The van der Waals surface area contributed by atoms with Gasteiger partial charge in [-0.3, -0.25) is 4.79 Å². The van der Waals surface area contributed by atoms with Gasteiger partial charge in [-0.05, 0) is 48.4 Å². The molecule has 0 atom stereocenters. The molecule has 0 saturated heterocycles. The highest BCUT2D eigenvalue weighted by Crippen LogP contribution is 2.28. The van der Waals surface area contributed by atoms with Gasteiger partial charge in [-0.25, -0.2) is 0 Å². The van der Waals surface area contributed by atoms with E-state index in [4.69, 9.17) is 14.2 Å². The number of nitrogens with zero attached hydrogens (tertiary/aromatic N) is 3. The fourth-order valence-electron chi connectivity index (χ4n) is 3.24. The van der Waals surface area contributed by atoms with Crippen LogP contribution in [0.3, 0.4) is 0 Å². The first-order valence-corrected chi connectivity index (χ1v) is 11.8. The average molecular weight is 471 g/mol. The number of amides is 1. The van der Waals surface area contributed by atoms with Gasteiger partial charge >= 0.3 is 0 Å². The summed E-state index contributed by atoms with van der Waals surface area (Å²) < 4.78 is 17.9. The lowest BCUT2D eigenvalue weighted by Crippen LogP contribution is -2.24. The first-order chi connectivity index (χ1) is 16.1. The number of carbonyl (C=O) groups is 1. The van der Waals surface area contributed by atoms with Crippen LogP contribution in [0.1, 0.15) is 25.3 Å². The van der Waals surface area contributed by atoms with Crippen molar-refractivity contribution in [1.29, 1.82) is 0 Å². The van der Waals surface area contributed by atoms with Crippen molar-refractivity contribution < 1.29 is 19.0 Å². The number of aromatic nitrogens is 3. The third-order valence-electron chi connectivity index (χ3n) is 5.07. The van der Waals surface area contributed by atoms with Gasteiger partial charge in [0, 0.05) is 18.7 Å². The number of carbonyl (C=O) groups excluding carboxylic acids is 1. The van der Waals surface area contributed by atoms with Crippen LogP contribution < -0.4 is 19.5 Å². The Bertz CT molecular complexity index is 1050. The molecule has 9 heteroatoms. The third-order valence-corrected chi connectivity index (χ3v) is 6.04. The smallest absolute Gasteiger partial charge is 0.230 e. The van der Waals surface area contributed by atoms with Crippen LogP contribution in [-0.2, 0) is 17.9 Å². The monoisotopic (exact) mass is 470 g/mol. The minimum atomic E-state index is -0.0779. The number of nitrogens with one attached hydrogen (secondary N) is 1. The fraction of sp³-hybridized carbons (Fsp3) is 0.375. The Kier molecular flexibility index (Phi) is 9.00. The molecule has 0 unspecified atom stereocenters. The SMILES string of the molecule is CCCCn1c(SCC(=O)NCc2ccc(OC)c(OC)c2)nnc1-c1ccc(OC)cc1. The van der Waals surface area contributed by atoms with Crippen LogP contribution in [0.15, 0.2) is 47.6 Å². The highest BCUT2D eigenvalue weighted by molar-refractivity contribution is 7.99. The molecule has 0 aliphatic carbocycles. The highest BCUT2D eigenvalue weighted by Gasteiger charge is 2.16. The molecule has 0 aliphatic rings. The Morgan fingerprint density at radius 3 is 2.42 bits per heavy atom. The topological polar surface area (TPSA) is 87.5 Å². The summed E-state index contributed by atoms with van der Waals surface area (Å²) in [6.45, 7) is 3.34. The quantitative estimate of drug-likeness (QED) is 0.397. The number of hydrogen-bond donors (Lipinski definition) is 1. The summed E-state index contributed by atoms with van der Waals surface area (Å²) in [5.74, 6) is 3.04. The lowest BCUT2D eigenvalue weighted by molar-refractivity contribution is -0.118. The summed E-state index contributed by atoms with van der Waals surface area (Å²) in [4.78, 5) is 12.5. The van der Waals surface area contributed by atoms with Crippen LogP contribution in [0.25, 0.3) is 11.4 Å². The number of thioether (sulfide) groups is 1. The van der Waals surface area contributed by atoms with Crippen LogP contribution in [0.4, 0.5) is 0 Å². The lowest BCUT2D eigenvalue weighted by atomic mass is 10.2. The largest absolute Gasteiger partial charge is 0.497 e.